The zero-order valence-corrected chi connectivity index (χ0v) is 24.2. The highest BCUT2D eigenvalue weighted by atomic mass is 16.3. The quantitative estimate of drug-likeness (QED) is 0.192. The van der Waals surface area contributed by atoms with Crippen LogP contribution in [0.5, 0.6) is 0 Å². The molecule has 1 N–H and O–H groups in total. The van der Waals surface area contributed by atoms with Crippen LogP contribution in [0.2, 0.25) is 0 Å². The normalized spacial score (nSPS) is 15.5. The molecule has 2 heterocycles. The van der Waals surface area contributed by atoms with Crippen molar-refractivity contribution in [2.45, 2.75) is 90.7 Å². The largest absolute Gasteiger partial charge is 0.392 e. The number of aromatic nitrogens is 2. The third-order valence-corrected chi connectivity index (χ3v) is 9.35. The Morgan fingerprint density at radius 1 is 0.641 bits per heavy atom. The molecule has 0 atom stereocenters. The van der Waals surface area contributed by atoms with Crippen LogP contribution in [0, 0.1) is 0 Å². The Balaban J connectivity index is 1.36. The number of hydrogen-bond donors (Lipinski definition) is 1. The van der Waals surface area contributed by atoms with E-state index in [9.17, 15) is 5.11 Å². The summed E-state index contributed by atoms with van der Waals surface area (Å²) in [5.74, 6) is 0. The average Bonchev–Trinajstić information content (AvgIpc) is 3.30. The van der Waals surface area contributed by atoms with Crippen LogP contribution in [0.3, 0.4) is 0 Å². The summed E-state index contributed by atoms with van der Waals surface area (Å²) in [5, 5.41) is 9.43. The highest BCUT2D eigenvalue weighted by molar-refractivity contribution is 5.88. The maximum absolute atomic E-state index is 9.43. The molecule has 3 heteroatoms. The first-order valence-corrected chi connectivity index (χ1v) is 14.7. The van der Waals surface area contributed by atoms with Crippen molar-refractivity contribution in [1.29, 1.82) is 0 Å². The van der Waals surface area contributed by atoms with E-state index in [0.29, 0.717) is 0 Å². The monoisotopic (exact) mass is 518 g/mol. The maximum Gasteiger partial charge on any atom is 0.210 e. The van der Waals surface area contributed by atoms with Crippen LogP contribution in [-0.2, 0) is 24.0 Å². The molecule has 0 unspecified atom stereocenters. The van der Waals surface area contributed by atoms with Gasteiger partial charge in [-0.15, -0.1) is 0 Å². The molecule has 0 spiro atoms. The van der Waals surface area contributed by atoms with Crippen molar-refractivity contribution in [1.82, 2.24) is 0 Å². The second kappa shape index (κ2) is 9.71. The number of aliphatic hydroxyl groups is 1. The SMILES string of the molecule is CCCCCCC[n+]1ccc2c(c1)C(C)(C)c1cc3c(cc1-2)C(C)(C)c1c[n+](-c2ccc(CO)cc2)ccc1-3. The van der Waals surface area contributed by atoms with E-state index < -0.39 is 0 Å². The average molecular weight is 519 g/mol. The van der Waals surface area contributed by atoms with Crippen LogP contribution in [0.4, 0.5) is 0 Å². The summed E-state index contributed by atoms with van der Waals surface area (Å²) in [6, 6.07) is 17.8. The summed E-state index contributed by atoms with van der Waals surface area (Å²) in [5.41, 5.74) is 13.1. The topological polar surface area (TPSA) is 28.0 Å². The third-order valence-electron chi connectivity index (χ3n) is 9.35. The predicted molar refractivity (Wildman–Crippen MR) is 158 cm³/mol. The van der Waals surface area contributed by atoms with Gasteiger partial charge in [0.1, 0.15) is 6.54 Å². The van der Waals surface area contributed by atoms with E-state index in [1.165, 1.54) is 76.6 Å². The van der Waals surface area contributed by atoms with Gasteiger partial charge in [0.2, 0.25) is 5.69 Å². The molecule has 200 valence electrons. The lowest BCUT2D eigenvalue weighted by Gasteiger charge is -2.23. The van der Waals surface area contributed by atoms with Crippen molar-refractivity contribution < 1.29 is 14.2 Å². The fourth-order valence-electron chi connectivity index (χ4n) is 6.84. The molecule has 0 aliphatic heterocycles. The second-order valence-corrected chi connectivity index (χ2v) is 12.6. The number of unbranched alkanes of at least 4 members (excludes halogenated alkanes) is 4. The molecule has 2 aromatic carbocycles. The number of pyridine rings is 2. The van der Waals surface area contributed by atoms with Crippen LogP contribution in [0.15, 0.2) is 73.3 Å². The van der Waals surface area contributed by atoms with Gasteiger partial charge in [0, 0.05) is 52.6 Å². The van der Waals surface area contributed by atoms with E-state index in [1.807, 2.05) is 12.1 Å². The lowest BCUT2D eigenvalue weighted by Crippen LogP contribution is -2.34. The molecule has 4 aromatic rings. The molecule has 0 amide bonds. The number of rotatable bonds is 8. The van der Waals surface area contributed by atoms with Gasteiger partial charge in [-0.3, -0.25) is 0 Å². The van der Waals surface area contributed by atoms with Crippen molar-refractivity contribution >= 4 is 0 Å². The third kappa shape index (κ3) is 4.23. The number of aliphatic hydroxyl groups excluding tert-OH is 1. The Hall–Kier alpha value is -3.30. The van der Waals surface area contributed by atoms with E-state index in [0.717, 1.165) is 17.8 Å². The van der Waals surface area contributed by atoms with Gasteiger partial charge in [-0.1, -0.05) is 66.0 Å². The minimum Gasteiger partial charge on any atom is -0.392 e. The van der Waals surface area contributed by atoms with Gasteiger partial charge in [-0.05, 0) is 57.5 Å². The fourth-order valence-corrected chi connectivity index (χ4v) is 6.84. The van der Waals surface area contributed by atoms with Gasteiger partial charge in [0.15, 0.2) is 24.8 Å². The van der Waals surface area contributed by atoms with Gasteiger partial charge in [-0.25, -0.2) is 4.57 Å². The van der Waals surface area contributed by atoms with Crippen LogP contribution >= 0.6 is 0 Å². The zero-order chi connectivity index (χ0) is 27.4. The van der Waals surface area contributed by atoms with E-state index >= 15 is 0 Å². The number of nitrogens with zero attached hydrogens (tertiary/aromatic N) is 2. The molecule has 6 rings (SSSR count). The second-order valence-electron chi connectivity index (χ2n) is 12.6. The smallest absolute Gasteiger partial charge is 0.210 e. The fraction of sp³-hybridized carbons (Fsp3) is 0.389. The molecule has 0 fully saturated rings. The number of benzene rings is 2. The molecule has 0 saturated carbocycles. The van der Waals surface area contributed by atoms with Gasteiger partial charge < -0.3 is 5.11 Å². The van der Waals surface area contributed by atoms with Crippen LogP contribution in [0.25, 0.3) is 27.9 Å². The first kappa shape index (κ1) is 26.0. The molecule has 0 saturated heterocycles. The lowest BCUT2D eigenvalue weighted by atomic mass is 9.79. The predicted octanol–water partition coefficient (Wildman–Crippen LogP) is 7.33. The molecule has 2 aromatic heterocycles. The number of fused-ring (bicyclic) bond motifs is 6. The lowest BCUT2D eigenvalue weighted by molar-refractivity contribution is -0.697. The Morgan fingerprint density at radius 3 is 1.85 bits per heavy atom. The van der Waals surface area contributed by atoms with Crippen molar-refractivity contribution in [2.24, 2.45) is 0 Å². The minimum atomic E-state index is -0.0895. The van der Waals surface area contributed by atoms with Crippen LogP contribution in [-0.4, -0.2) is 5.11 Å². The summed E-state index contributed by atoms with van der Waals surface area (Å²) in [6.07, 6.45) is 15.7. The Kier molecular flexibility index (Phi) is 6.46. The minimum absolute atomic E-state index is 0.0268. The molecule has 0 radical (unpaired) electrons. The van der Waals surface area contributed by atoms with E-state index in [-0.39, 0.29) is 17.4 Å². The summed E-state index contributed by atoms with van der Waals surface area (Å²) >= 11 is 0. The van der Waals surface area contributed by atoms with Crippen molar-refractivity contribution in [3.05, 3.63) is 101 Å². The highest BCUT2D eigenvalue weighted by Crippen LogP contribution is 2.55. The molecule has 39 heavy (non-hydrogen) atoms. The summed E-state index contributed by atoms with van der Waals surface area (Å²) in [7, 11) is 0. The molecule has 2 aliphatic carbocycles. The van der Waals surface area contributed by atoms with E-state index in [4.69, 9.17) is 0 Å². The molecular formula is C36H42N2O+2. The van der Waals surface area contributed by atoms with Crippen LogP contribution in [0.1, 0.15) is 94.5 Å². The Morgan fingerprint density at radius 2 is 1.23 bits per heavy atom. The van der Waals surface area contributed by atoms with Crippen LogP contribution < -0.4 is 9.13 Å². The van der Waals surface area contributed by atoms with Crippen molar-refractivity contribution in [3.8, 4) is 27.9 Å². The summed E-state index contributed by atoms with van der Waals surface area (Å²) in [4.78, 5) is 0. The standard InChI is InChI=1S/C36H42N2O/c1-6-7-8-9-10-17-37-18-15-27-29-20-32-30(21-31(29)35(2,3)33(27)22-37)28-16-19-38(23-34(28)36(32,4)5)26-13-11-25(24-39)12-14-26/h11-16,18-23,39H,6-10,17,24H2,1-5H3/q+2. The van der Waals surface area contributed by atoms with Crippen molar-refractivity contribution in [3.63, 3.8) is 0 Å². The zero-order valence-electron chi connectivity index (χ0n) is 24.2. The molecule has 3 nitrogen and oxygen atoms in total. The van der Waals surface area contributed by atoms with Gasteiger partial charge in [0.05, 0.1) is 6.61 Å². The maximum atomic E-state index is 9.43. The van der Waals surface area contributed by atoms with E-state index in [2.05, 4.69) is 105 Å². The van der Waals surface area contributed by atoms with Gasteiger partial charge in [-0.2, -0.15) is 4.57 Å². The molecular weight excluding hydrogens is 476 g/mol. The first-order valence-electron chi connectivity index (χ1n) is 14.7. The summed E-state index contributed by atoms with van der Waals surface area (Å²) < 4.78 is 4.62. The van der Waals surface area contributed by atoms with Gasteiger partial charge >= 0.3 is 0 Å². The number of hydrogen-bond acceptors (Lipinski definition) is 1. The molecule has 0 bridgehead atoms. The van der Waals surface area contributed by atoms with E-state index in [1.54, 1.807) is 0 Å². The van der Waals surface area contributed by atoms with Gasteiger partial charge in [0.25, 0.3) is 0 Å². The first-order chi connectivity index (χ1) is 18.8. The number of aryl methyl sites for hydroxylation is 1. The Labute approximate surface area is 233 Å². The highest BCUT2D eigenvalue weighted by Gasteiger charge is 2.43. The Bertz CT molecular complexity index is 1550. The summed E-state index contributed by atoms with van der Waals surface area (Å²) in [6.45, 7) is 13.0. The van der Waals surface area contributed by atoms with Crippen molar-refractivity contribution in [2.75, 3.05) is 0 Å². The molecule has 2 aliphatic rings.